The topological polar surface area (TPSA) is 96.6 Å². The van der Waals surface area contributed by atoms with Gasteiger partial charge in [-0.05, 0) is 60.7 Å². The van der Waals surface area contributed by atoms with Gasteiger partial charge in [-0.3, -0.25) is 9.78 Å². The van der Waals surface area contributed by atoms with Gasteiger partial charge in [0.1, 0.15) is 29.5 Å². The molecule has 0 aliphatic rings. The number of aromatic nitrogens is 2. The van der Waals surface area contributed by atoms with Crippen LogP contribution in [0.5, 0.6) is 17.2 Å². The SMILES string of the molecule is COc1ccc2nc(CBr)ccc2c1.COc1ccc2nc(COc3ccc(F)c(C(N)=O)c3F)ccc2c1. The Morgan fingerprint density at radius 1 is 0.821 bits per heavy atom. The molecule has 0 aliphatic carbocycles. The second kappa shape index (κ2) is 12.5. The first-order valence-corrected chi connectivity index (χ1v) is 12.8. The largest absolute Gasteiger partial charge is 0.497 e. The summed E-state index contributed by atoms with van der Waals surface area (Å²) in [7, 11) is 3.25. The number of halogens is 3. The third kappa shape index (κ3) is 6.58. The lowest BCUT2D eigenvalue weighted by atomic mass is 10.1. The molecule has 5 rings (SSSR count). The number of methoxy groups -OCH3 is 2. The molecule has 0 unspecified atom stereocenters. The van der Waals surface area contributed by atoms with Gasteiger partial charge in [0.15, 0.2) is 11.6 Å². The molecule has 39 heavy (non-hydrogen) atoms. The molecular weight excluding hydrogens is 572 g/mol. The monoisotopic (exact) mass is 595 g/mol. The summed E-state index contributed by atoms with van der Waals surface area (Å²) in [4.78, 5) is 20.0. The zero-order valence-electron chi connectivity index (χ0n) is 21.1. The van der Waals surface area contributed by atoms with E-state index in [9.17, 15) is 13.6 Å². The van der Waals surface area contributed by atoms with Gasteiger partial charge < -0.3 is 19.9 Å². The van der Waals surface area contributed by atoms with Crippen molar-refractivity contribution in [3.63, 3.8) is 0 Å². The molecule has 2 N–H and O–H groups in total. The fourth-order valence-corrected chi connectivity index (χ4v) is 4.04. The third-order valence-corrected chi connectivity index (χ3v) is 6.30. The minimum Gasteiger partial charge on any atom is -0.497 e. The van der Waals surface area contributed by atoms with Crippen molar-refractivity contribution >= 4 is 43.6 Å². The number of ether oxygens (including phenoxy) is 3. The molecule has 0 saturated heterocycles. The van der Waals surface area contributed by atoms with Crippen LogP contribution < -0.4 is 19.9 Å². The summed E-state index contributed by atoms with van der Waals surface area (Å²) in [6, 6.07) is 20.9. The number of hydrogen-bond acceptors (Lipinski definition) is 6. The highest BCUT2D eigenvalue weighted by atomic mass is 79.9. The van der Waals surface area contributed by atoms with E-state index in [1.54, 1.807) is 32.4 Å². The molecule has 7 nitrogen and oxygen atoms in total. The van der Waals surface area contributed by atoms with Gasteiger partial charge in [0, 0.05) is 16.1 Å². The molecule has 0 aliphatic heterocycles. The van der Waals surface area contributed by atoms with Gasteiger partial charge in [-0.25, -0.2) is 13.8 Å². The van der Waals surface area contributed by atoms with E-state index in [0.717, 1.165) is 50.7 Å². The van der Waals surface area contributed by atoms with E-state index in [4.69, 9.17) is 19.9 Å². The van der Waals surface area contributed by atoms with Gasteiger partial charge in [-0.15, -0.1) is 0 Å². The summed E-state index contributed by atoms with van der Waals surface area (Å²) in [5.41, 5.74) is 7.47. The summed E-state index contributed by atoms with van der Waals surface area (Å²) in [5.74, 6) is -2.05. The van der Waals surface area contributed by atoms with Crippen LogP contribution in [0.3, 0.4) is 0 Å². The summed E-state index contributed by atoms with van der Waals surface area (Å²) in [5, 5.41) is 2.77. The molecule has 3 aromatic carbocycles. The quantitative estimate of drug-likeness (QED) is 0.221. The second-order valence-corrected chi connectivity index (χ2v) is 8.80. The normalized spacial score (nSPS) is 10.6. The number of rotatable bonds is 7. The average Bonchev–Trinajstić information content (AvgIpc) is 2.96. The first kappa shape index (κ1) is 27.7. The number of pyridine rings is 2. The minimum atomic E-state index is -1.20. The van der Waals surface area contributed by atoms with Crippen molar-refractivity contribution in [2.75, 3.05) is 14.2 Å². The number of nitrogens with zero attached hydrogens (tertiary/aromatic N) is 2. The van der Waals surface area contributed by atoms with Crippen LogP contribution in [-0.2, 0) is 11.9 Å². The Bertz CT molecular complexity index is 1610. The van der Waals surface area contributed by atoms with Gasteiger partial charge in [-0.1, -0.05) is 28.1 Å². The lowest BCUT2D eigenvalue weighted by Gasteiger charge is -2.10. The maximum absolute atomic E-state index is 14.1. The van der Waals surface area contributed by atoms with E-state index >= 15 is 0 Å². The van der Waals surface area contributed by atoms with Crippen molar-refractivity contribution in [2.45, 2.75) is 11.9 Å². The fraction of sp³-hybridized carbons (Fsp3) is 0.138. The highest BCUT2D eigenvalue weighted by molar-refractivity contribution is 9.08. The van der Waals surface area contributed by atoms with Crippen LogP contribution >= 0.6 is 15.9 Å². The van der Waals surface area contributed by atoms with E-state index in [2.05, 4.69) is 32.0 Å². The van der Waals surface area contributed by atoms with Crippen LogP contribution in [0, 0.1) is 11.6 Å². The first-order chi connectivity index (χ1) is 18.8. The molecule has 0 radical (unpaired) electrons. The zero-order valence-corrected chi connectivity index (χ0v) is 22.7. The molecule has 0 saturated carbocycles. The standard InChI is InChI=1S/C18H14F2N2O3.C11H10BrNO/c1-24-12-4-6-14-10(8-12)2-3-11(22-14)9-25-15-7-5-13(19)16(17(15)20)18(21)23;1-14-10-4-5-11-8(6-10)2-3-9(7-12)13-11/h2-8H,9H2,1H3,(H2,21,23);2-6H,7H2,1H3. The molecule has 0 atom stereocenters. The second-order valence-electron chi connectivity index (χ2n) is 8.24. The van der Waals surface area contributed by atoms with Gasteiger partial charge in [0.05, 0.1) is 36.6 Å². The van der Waals surface area contributed by atoms with E-state index < -0.39 is 23.1 Å². The Morgan fingerprint density at radius 3 is 1.92 bits per heavy atom. The molecule has 0 spiro atoms. The van der Waals surface area contributed by atoms with Crippen molar-refractivity contribution in [1.82, 2.24) is 9.97 Å². The zero-order chi connectivity index (χ0) is 27.9. The molecule has 5 aromatic rings. The van der Waals surface area contributed by atoms with Crippen LogP contribution in [-0.4, -0.2) is 30.1 Å². The molecule has 1 amide bonds. The Balaban J connectivity index is 0.000000212. The van der Waals surface area contributed by atoms with Gasteiger partial charge in [-0.2, -0.15) is 0 Å². The lowest BCUT2D eigenvalue weighted by Crippen LogP contribution is -2.16. The van der Waals surface area contributed by atoms with Crippen LogP contribution in [0.25, 0.3) is 21.8 Å². The number of fused-ring (bicyclic) bond motifs is 2. The average molecular weight is 596 g/mol. The van der Waals surface area contributed by atoms with Crippen molar-refractivity contribution < 1.29 is 27.8 Å². The highest BCUT2D eigenvalue weighted by Crippen LogP contribution is 2.25. The number of nitrogens with two attached hydrogens (primary N) is 1. The third-order valence-electron chi connectivity index (χ3n) is 5.72. The molecule has 0 bridgehead atoms. The number of carbonyl (C=O) groups is 1. The number of carbonyl (C=O) groups excluding carboxylic acids is 1. The van der Waals surface area contributed by atoms with E-state index in [0.29, 0.717) is 11.4 Å². The Kier molecular flexibility index (Phi) is 8.88. The Labute approximate surface area is 231 Å². The Hall–Kier alpha value is -4.31. The summed E-state index contributed by atoms with van der Waals surface area (Å²) >= 11 is 3.38. The molecular formula is C29H24BrF2N3O4. The molecule has 2 heterocycles. The predicted molar refractivity (Wildman–Crippen MR) is 148 cm³/mol. The van der Waals surface area contributed by atoms with Crippen molar-refractivity contribution in [2.24, 2.45) is 5.73 Å². The smallest absolute Gasteiger partial charge is 0.254 e. The minimum absolute atomic E-state index is 0.0529. The fourth-order valence-electron chi connectivity index (χ4n) is 3.72. The lowest BCUT2D eigenvalue weighted by molar-refractivity contribution is 0.0991. The molecule has 2 aromatic heterocycles. The first-order valence-electron chi connectivity index (χ1n) is 11.7. The molecule has 0 fully saturated rings. The number of benzene rings is 3. The highest BCUT2D eigenvalue weighted by Gasteiger charge is 2.19. The van der Waals surface area contributed by atoms with Crippen LogP contribution in [0.1, 0.15) is 21.7 Å². The van der Waals surface area contributed by atoms with Crippen molar-refractivity contribution in [3.8, 4) is 17.2 Å². The maximum atomic E-state index is 14.1. The van der Waals surface area contributed by atoms with Crippen LogP contribution in [0.2, 0.25) is 0 Å². The molecule has 200 valence electrons. The number of primary amides is 1. The summed E-state index contributed by atoms with van der Waals surface area (Å²) in [6.45, 7) is -0.0529. The van der Waals surface area contributed by atoms with E-state index in [-0.39, 0.29) is 12.4 Å². The predicted octanol–water partition coefficient (Wildman–Crippen LogP) is 6.34. The van der Waals surface area contributed by atoms with Crippen molar-refractivity contribution in [3.05, 3.63) is 101 Å². The van der Waals surface area contributed by atoms with Crippen LogP contribution in [0.15, 0.2) is 72.8 Å². The summed E-state index contributed by atoms with van der Waals surface area (Å²) < 4.78 is 43.2. The molecule has 10 heteroatoms. The van der Waals surface area contributed by atoms with E-state index in [1.165, 1.54) is 0 Å². The van der Waals surface area contributed by atoms with Gasteiger partial charge in [0.2, 0.25) is 0 Å². The van der Waals surface area contributed by atoms with E-state index in [1.807, 2.05) is 36.4 Å². The van der Waals surface area contributed by atoms with Gasteiger partial charge >= 0.3 is 0 Å². The van der Waals surface area contributed by atoms with Gasteiger partial charge in [0.25, 0.3) is 5.91 Å². The Morgan fingerprint density at radius 2 is 1.38 bits per heavy atom. The number of hydrogen-bond donors (Lipinski definition) is 1. The number of amides is 1. The summed E-state index contributed by atoms with van der Waals surface area (Å²) in [6.07, 6.45) is 0. The maximum Gasteiger partial charge on any atom is 0.254 e. The number of alkyl halides is 1. The van der Waals surface area contributed by atoms with Crippen LogP contribution in [0.4, 0.5) is 8.78 Å². The van der Waals surface area contributed by atoms with Crippen molar-refractivity contribution in [1.29, 1.82) is 0 Å².